The molecule has 6 heteroatoms. The molecule has 1 heterocycles. The van der Waals surface area contributed by atoms with E-state index in [1.54, 1.807) is 31.4 Å². The number of fused-ring (bicyclic) bond motifs is 1. The van der Waals surface area contributed by atoms with E-state index in [-0.39, 0.29) is 17.9 Å². The molecule has 1 aliphatic heterocycles. The number of hydrogen-bond acceptors (Lipinski definition) is 4. The largest absolute Gasteiger partial charge is 0.496 e. The van der Waals surface area contributed by atoms with Gasteiger partial charge in [0.15, 0.2) is 0 Å². The number of benzene rings is 2. The number of amides is 3. The van der Waals surface area contributed by atoms with Gasteiger partial charge in [0.1, 0.15) is 11.8 Å². The molecule has 6 nitrogen and oxygen atoms in total. The van der Waals surface area contributed by atoms with Crippen LogP contribution in [0.25, 0.3) is 0 Å². The van der Waals surface area contributed by atoms with Crippen LogP contribution in [-0.4, -0.2) is 35.8 Å². The van der Waals surface area contributed by atoms with E-state index < -0.39 is 17.9 Å². The third kappa shape index (κ3) is 3.75. The number of ether oxygens (including phenoxy) is 1. The summed E-state index contributed by atoms with van der Waals surface area (Å²) < 4.78 is 5.42. The summed E-state index contributed by atoms with van der Waals surface area (Å²) in [6.45, 7) is 7.47. The molecule has 0 spiro atoms. The minimum absolute atomic E-state index is 0.246. The zero-order chi connectivity index (χ0) is 21.3. The molecule has 29 heavy (non-hydrogen) atoms. The number of nitrogens with zero attached hydrogens (tertiary/aromatic N) is 1. The van der Waals surface area contributed by atoms with Crippen LogP contribution in [0, 0.1) is 12.8 Å². The van der Waals surface area contributed by atoms with E-state index in [0.29, 0.717) is 16.9 Å². The van der Waals surface area contributed by atoms with Crippen LogP contribution in [-0.2, 0) is 4.79 Å². The van der Waals surface area contributed by atoms with Gasteiger partial charge in [0, 0.05) is 5.56 Å². The van der Waals surface area contributed by atoms with E-state index in [2.05, 4.69) is 5.32 Å². The lowest BCUT2D eigenvalue weighted by molar-refractivity contribution is -0.127. The summed E-state index contributed by atoms with van der Waals surface area (Å²) in [5.41, 5.74) is 2.56. The molecule has 2 atom stereocenters. The zero-order valence-corrected chi connectivity index (χ0v) is 17.4. The highest BCUT2D eigenvalue weighted by Gasteiger charge is 2.44. The summed E-state index contributed by atoms with van der Waals surface area (Å²) in [6.07, 6.45) is 0. The Morgan fingerprint density at radius 2 is 1.59 bits per heavy atom. The number of hydrogen-bond donors (Lipinski definition) is 1. The molecule has 152 valence electrons. The highest BCUT2D eigenvalue weighted by atomic mass is 16.5. The van der Waals surface area contributed by atoms with Crippen molar-refractivity contribution in [2.75, 3.05) is 7.11 Å². The van der Waals surface area contributed by atoms with Gasteiger partial charge in [0.05, 0.1) is 24.3 Å². The number of aryl methyl sites for hydroxylation is 1. The van der Waals surface area contributed by atoms with Gasteiger partial charge < -0.3 is 10.1 Å². The first-order valence-corrected chi connectivity index (χ1v) is 9.68. The Morgan fingerprint density at radius 1 is 1.00 bits per heavy atom. The topological polar surface area (TPSA) is 75.7 Å². The summed E-state index contributed by atoms with van der Waals surface area (Å²) in [5, 5.41) is 2.96. The van der Waals surface area contributed by atoms with E-state index in [4.69, 9.17) is 4.74 Å². The molecule has 0 fully saturated rings. The Bertz CT molecular complexity index is 932. The van der Waals surface area contributed by atoms with Crippen molar-refractivity contribution in [2.24, 2.45) is 5.92 Å². The average Bonchev–Trinajstić information content (AvgIpc) is 2.93. The standard InChI is InChI=1S/C23H26N2O4/c1-13(2)20(25-22(27)16-8-6-7-9-17(16)23(25)28)21(26)24-15(4)18-12-14(3)10-11-19(18)29-5/h6-13,15,20H,1-5H3,(H,24,26). The first-order valence-electron chi connectivity index (χ1n) is 9.68. The highest BCUT2D eigenvalue weighted by molar-refractivity contribution is 6.22. The molecule has 0 saturated heterocycles. The fraction of sp³-hybridized carbons (Fsp3) is 0.348. The van der Waals surface area contributed by atoms with Gasteiger partial charge in [-0.05, 0) is 38.0 Å². The second-order valence-corrected chi connectivity index (χ2v) is 7.69. The average molecular weight is 394 g/mol. The Balaban J connectivity index is 1.88. The molecule has 0 aliphatic carbocycles. The normalized spacial score (nSPS) is 15.3. The monoisotopic (exact) mass is 394 g/mol. The maximum absolute atomic E-state index is 13.2. The molecular weight excluding hydrogens is 368 g/mol. The third-order valence-electron chi connectivity index (χ3n) is 5.21. The molecule has 2 aromatic rings. The van der Waals surface area contributed by atoms with Crippen LogP contribution in [0.3, 0.4) is 0 Å². The minimum Gasteiger partial charge on any atom is -0.496 e. The molecule has 2 unspecified atom stereocenters. The molecule has 1 aliphatic rings. The van der Waals surface area contributed by atoms with Gasteiger partial charge in [0.2, 0.25) is 5.91 Å². The van der Waals surface area contributed by atoms with E-state index in [1.807, 2.05) is 45.9 Å². The SMILES string of the molecule is COc1ccc(C)cc1C(C)NC(=O)C(C(C)C)N1C(=O)c2ccccc2C1=O. The third-order valence-corrected chi connectivity index (χ3v) is 5.21. The quantitative estimate of drug-likeness (QED) is 0.761. The van der Waals surface area contributed by atoms with Crippen molar-refractivity contribution in [2.45, 2.75) is 39.8 Å². The van der Waals surface area contributed by atoms with Gasteiger partial charge in [-0.1, -0.05) is 43.7 Å². The van der Waals surface area contributed by atoms with Crippen molar-refractivity contribution in [1.29, 1.82) is 0 Å². The predicted octanol–water partition coefficient (Wildman–Crippen LogP) is 3.50. The van der Waals surface area contributed by atoms with Crippen molar-refractivity contribution < 1.29 is 19.1 Å². The van der Waals surface area contributed by atoms with Gasteiger partial charge in [-0.15, -0.1) is 0 Å². The summed E-state index contributed by atoms with van der Waals surface area (Å²) >= 11 is 0. The van der Waals surface area contributed by atoms with Crippen molar-refractivity contribution in [1.82, 2.24) is 10.2 Å². The molecule has 3 rings (SSSR count). The summed E-state index contributed by atoms with van der Waals surface area (Å²) in [7, 11) is 1.58. The highest BCUT2D eigenvalue weighted by Crippen LogP contribution is 2.29. The molecule has 0 radical (unpaired) electrons. The first kappa shape index (κ1) is 20.6. The van der Waals surface area contributed by atoms with Crippen LogP contribution < -0.4 is 10.1 Å². The number of imide groups is 1. The fourth-order valence-corrected chi connectivity index (χ4v) is 3.75. The number of methoxy groups -OCH3 is 1. The van der Waals surface area contributed by atoms with Crippen LogP contribution in [0.15, 0.2) is 42.5 Å². The molecular formula is C23H26N2O4. The second-order valence-electron chi connectivity index (χ2n) is 7.69. The predicted molar refractivity (Wildman–Crippen MR) is 110 cm³/mol. The fourth-order valence-electron chi connectivity index (χ4n) is 3.75. The van der Waals surface area contributed by atoms with Crippen LogP contribution >= 0.6 is 0 Å². The lowest BCUT2D eigenvalue weighted by atomic mass is 9.99. The summed E-state index contributed by atoms with van der Waals surface area (Å²) in [5.74, 6) is -0.805. The Labute approximate surface area is 170 Å². The summed E-state index contributed by atoms with van der Waals surface area (Å²) in [6, 6.07) is 11.2. The number of carbonyl (C=O) groups excluding carboxylic acids is 3. The number of rotatable bonds is 6. The molecule has 2 aromatic carbocycles. The van der Waals surface area contributed by atoms with Gasteiger partial charge in [-0.2, -0.15) is 0 Å². The second kappa shape index (κ2) is 8.07. The van der Waals surface area contributed by atoms with E-state index in [1.165, 1.54) is 0 Å². The lowest BCUT2D eigenvalue weighted by Gasteiger charge is -2.30. The van der Waals surface area contributed by atoms with Crippen molar-refractivity contribution >= 4 is 17.7 Å². The van der Waals surface area contributed by atoms with Crippen LogP contribution in [0.4, 0.5) is 0 Å². The minimum atomic E-state index is -0.902. The summed E-state index contributed by atoms with van der Waals surface area (Å²) in [4.78, 5) is 40.0. The zero-order valence-electron chi connectivity index (χ0n) is 17.4. The van der Waals surface area contributed by atoms with Gasteiger partial charge in [-0.25, -0.2) is 0 Å². The van der Waals surface area contributed by atoms with Gasteiger partial charge in [-0.3, -0.25) is 19.3 Å². The molecule has 0 saturated carbocycles. The number of carbonyl (C=O) groups is 3. The van der Waals surface area contributed by atoms with Gasteiger partial charge in [0.25, 0.3) is 11.8 Å². The van der Waals surface area contributed by atoms with E-state index in [0.717, 1.165) is 16.0 Å². The molecule has 0 bridgehead atoms. The van der Waals surface area contributed by atoms with E-state index >= 15 is 0 Å². The van der Waals surface area contributed by atoms with Crippen molar-refractivity contribution in [3.8, 4) is 5.75 Å². The lowest BCUT2D eigenvalue weighted by Crippen LogP contribution is -2.52. The molecule has 0 aromatic heterocycles. The van der Waals surface area contributed by atoms with Crippen LogP contribution in [0.5, 0.6) is 5.75 Å². The van der Waals surface area contributed by atoms with Crippen LogP contribution in [0.2, 0.25) is 0 Å². The van der Waals surface area contributed by atoms with Gasteiger partial charge >= 0.3 is 0 Å². The Hall–Kier alpha value is -3.15. The Morgan fingerprint density at radius 3 is 2.10 bits per heavy atom. The molecule has 3 amide bonds. The number of nitrogens with one attached hydrogen (secondary N) is 1. The molecule has 1 N–H and O–H groups in total. The van der Waals surface area contributed by atoms with E-state index in [9.17, 15) is 14.4 Å². The maximum atomic E-state index is 13.2. The van der Waals surface area contributed by atoms with Crippen molar-refractivity contribution in [3.63, 3.8) is 0 Å². The Kier molecular flexibility index (Phi) is 5.73. The smallest absolute Gasteiger partial charge is 0.262 e. The van der Waals surface area contributed by atoms with Crippen molar-refractivity contribution in [3.05, 3.63) is 64.7 Å². The van der Waals surface area contributed by atoms with Crippen LogP contribution in [0.1, 0.15) is 58.7 Å². The first-order chi connectivity index (χ1) is 13.8. The maximum Gasteiger partial charge on any atom is 0.262 e.